The highest BCUT2D eigenvalue weighted by Crippen LogP contribution is 2.32. The highest BCUT2D eigenvalue weighted by molar-refractivity contribution is 5.91. The highest BCUT2D eigenvalue weighted by atomic mass is 35.5. The van der Waals surface area contributed by atoms with Gasteiger partial charge < -0.3 is 19.7 Å². The van der Waals surface area contributed by atoms with E-state index in [4.69, 9.17) is 9.47 Å². The Kier molecular flexibility index (Phi) is 8.51. The SMILES string of the molecule is CCN(CC)CCCNC(=O)C=Cc1ccc2c(c1)OCO2.Cl. The molecule has 1 aromatic rings. The fourth-order valence-electron chi connectivity index (χ4n) is 2.30. The molecule has 1 N–H and O–H groups in total. The smallest absolute Gasteiger partial charge is 0.243 e. The van der Waals surface area contributed by atoms with Gasteiger partial charge in [0, 0.05) is 12.6 Å². The Morgan fingerprint density at radius 1 is 1.26 bits per heavy atom. The summed E-state index contributed by atoms with van der Waals surface area (Å²) in [5.41, 5.74) is 0.919. The summed E-state index contributed by atoms with van der Waals surface area (Å²) in [4.78, 5) is 14.1. The van der Waals surface area contributed by atoms with Crippen molar-refractivity contribution in [2.24, 2.45) is 0 Å². The van der Waals surface area contributed by atoms with Crippen LogP contribution >= 0.6 is 12.4 Å². The molecule has 0 saturated carbocycles. The van der Waals surface area contributed by atoms with E-state index in [0.717, 1.165) is 43.1 Å². The van der Waals surface area contributed by atoms with E-state index in [1.807, 2.05) is 18.2 Å². The predicted molar refractivity (Wildman–Crippen MR) is 94.3 cm³/mol. The molecule has 0 aromatic heterocycles. The van der Waals surface area contributed by atoms with Crippen LogP contribution in [-0.2, 0) is 4.79 Å². The van der Waals surface area contributed by atoms with Gasteiger partial charge in [0.1, 0.15) is 0 Å². The lowest BCUT2D eigenvalue weighted by atomic mass is 10.2. The molecule has 1 amide bonds. The molecule has 1 heterocycles. The zero-order chi connectivity index (χ0) is 15.8. The molecule has 1 aliphatic rings. The second-order valence-electron chi connectivity index (χ2n) is 5.12. The van der Waals surface area contributed by atoms with Gasteiger partial charge in [0.25, 0.3) is 0 Å². The maximum Gasteiger partial charge on any atom is 0.243 e. The van der Waals surface area contributed by atoms with Crippen LogP contribution < -0.4 is 14.8 Å². The van der Waals surface area contributed by atoms with Gasteiger partial charge in [-0.2, -0.15) is 0 Å². The van der Waals surface area contributed by atoms with Crippen molar-refractivity contribution in [2.45, 2.75) is 20.3 Å². The largest absolute Gasteiger partial charge is 0.454 e. The average Bonchev–Trinajstić information content (AvgIpc) is 3.00. The van der Waals surface area contributed by atoms with E-state index in [-0.39, 0.29) is 25.1 Å². The second kappa shape index (κ2) is 10.1. The number of hydrogen-bond donors (Lipinski definition) is 1. The molecular weight excluding hydrogens is 316 g/mol. The minimum absolute atomic E-state index is 0. The topological polar surface area (TPSA) is 50.8 Å². The molecule has 0 aliphatic carbocycles. The number of carbonyl (C=O) groups excluding carboxylic acids is 1. The quantitative estimate of drug-likeness (QED) is 0.584. The summed E-state index contributed by atoms with van der Waals surface area (Å²) in [6, 6.07) is 5.62. The van der Waals surface area contributed by atoms with Crippen LogP contribution in [0.4, 0.5) is 0 Å². The summed E-state index contributed by atoms with van der Waals surface area (Å²) < 4.78 is 10.6. The first-order valence-electron chi connectivity index (χ1n) is 7.80. The number of carbonyl (C=O) groups is 1. The molecule has 0 spiro atoms. The Balaban J connectivity index is 0.00000264. The molecule has 2 rings (SSSR count). The minimum atomic E-state index is -0.0720. The lowest BCUT2D eigenvalue weighted by Gasteiger charge is -2.17. The number of rotatable bonds is 8. The number of nitrogens with one attached hydrogen (secondary N) is 1. The molecule has 6 heteroatoms. The summed E-state index contributed by atoms with van der Waals surface area (Å²) in [6.45, 7) is 8.37. The van der Waals surface area contributed by atoms with E-state index >= 15 is 0 Å². The first-order chi connectivity index (χ1) is 10.7. The number of ether oxygens (including phenoxy) is 2. The van der Waals surface area contributed by atoms with Crippen LogP contribution in [0.5, 0.6) is 11.5 Å². The van der Waals surface area contributed by atoms with Crippen LogP contribution in [0.3, 0.4) is 0 Å². The van der Waals surface area contributed by atoms with Gasteiger partial charge in [-0.15, -0.1) is 12.4 Å². The monoisotopic (exact) mass is 340 g/mol. The molecular formula is C17H25ClN2O3. The van der Waals surface area contributed by atoms with Gasteiger partial charge in [-0.3, -0.25) is 4.79 Å². The minimum Gasteiger partial charge on any atom is -0.454 e. The summed E-state index contributed by atoms with van der Waals surface area (Å²) in [5, 5.41) is 2.90. The predicted octanol–water partition coefficient (Wildman–Crippen LogP) is 2.70. The number of benzene rings is 1. The van der Waals surface area contributed by atoms with Gasteiger partial charge in [-0.25, -0.2) is 0 Å². The number of amides is 1. The van der Waals surface area contributed by atoms with Crippen LogP contribution in [0.2, 0.25) is 0 Å². The lowest BCUT2D eigenvalue weighted by molar-refractivity contribution is -0.116. The Bertz CT molecular complexity index is 531. The maximum absolute atomic E-state index is 11.8. The first kappa shape index (κ1) is 19.3. The summed E-state index contributed by atoms with van der Waals surface area (Å²) >= 11 is 0. The fourth-order valence-corrected chi connectivity index (χ4v) is 2.30. The standard InChI is InChI=1S/C17H24N2O3.ClH/c1-3-19(4-2)11-5-10-18-17(20)9-7-14-6-8-15-16(12-14)22-13-21-15;/h6-9,12H,3-5,10-11,13H2,1-2H3,(H,18,20);1H. The van der Waals surface area contributed by atoms with Crippen molar-refractivity contribution < 1.29 is 14.3 Å². The van der Waals surface area contributed by atoms with Crippen molar-refractivity contribution >= 4 is 24.4 Å². The highest BCUT2D eigenvalue weighted by Gasteiger charge is 2.12. The molecule has 5 nitrogen and oxygen atoms in total. The van der Waals surface area contributed by atoms with E-state index < -0.39 is 0 Å². The van der Waals surface area contributed by atoms with E-state index in [2.05, 4.69) is 24.1 Å². The summed E-state index contributed by atoms with van der Waals surface area (Å²) in [6.07, 6.45) is 4.29. The number of nitrogens with zero attached hydrogens (tertiary/aromatic N) is 1. The molecule has 0 bridgehead atoms. The number of hydrogen-bond acceptors (Lipinski definition) is 4. The van der Waals surface area contributed by atoms with Crippen molar-refractivity contribution in [3.05, 3.63) is 29.8 Å². The third-order valence-electron chi connectivity index (χ3n) is 3.67. The number of fused-ring (bicyclic) bond motifs is 1. The van der Waals surface area contributed by atoms with Gasteiger partial charge in [-0.05, 0) is 49.8 Å². The van der Waals surface area contributed by atoms with Crippen LogP contribution in [0.25, 0.3) is 6.08 Å². The molecule has 0 radical (unpaired) electrons. The van der Waals surface area contributed by atoms with Gasteiger partial charge in [-0.1, -0.05) is 19.9 Å². The molecule has 0 atom stereocenters. The Morgan fingerprint density at radius 3 is 2.74 bits per heavy atom. The summed E-state index contributed by atoms with van der Waals surface area (Å²) in [5.74, 6) is 1.40. The van der Waals surface area contributed by atoms with Crippen molar-refractivity contribution in [1.29, 1.82) is 0 Å². The van der Waals surface area contributed by atoms with Gasteiger partial charge in [0.2, 0.25) is 12.7 Å². The third kappa shape index (κ3) is 6.12. The summed E-state index contributed by atoms with van der Waals surface area (Å²) in [7, 11) is 0. The Labute approximate surface area is 144 Å². The van der Waals surface area contributed by atoms with E-state index in [1.165, 1.54) is 0 Å². The van der Waals surface area contributed by atoms with E-state index in [1.54, 1.807) is 12.2 Å². The molecule has 0 unspecified atom stereocenters. The van der Waals surface area contributed by atoms with Gasteiger partial charge in [0.15, 0.2) is 11.5 Å². The molecule has 0 saturated heterocycles. The van der Waals surface area contributed by atoms with Crippen molar-refractivity contribution in [3.63, 3.8) is 0 Å². The molecule has 128 valence electrons. The second-order valence-corrected chi connectivity index (χ2v) is 5.12. The van der Waals surface area contributed by atoms with E-state index in [9.17, 15) is 4.79 Å². The Hall–Kier alpha value is -1.72. The van der Waals surface area contributed by atoms with Crippen molar-refractivity contribution in [2.75, 3.05) is 33.0 Å². The third-order valence-corrected chi connectivity index (χ3v) is 3.67. The van der Waals surface area contributed by atoms with Crippen LogP contribution in [0.1, 0.15) is 25.8 Å². The Morgan fingerprint density at radius 2 is 2.00 bits per heavy atom. The van der Waals surface area contributed by atoms with Gasteiger partial charge in [0.05, 0.1) is 0 Å². The van der Waals surface area contributed by atoms with Crippen LogP contribution in [-0.4, -0.2) is 43.8 Å². The zero-order valence-electron chi connectivity index (χ0n) is 13.7. The number of halogens is 1. The molecule has 0 fully saturated rings. The maximum atomic E-state index is 11.8. The fraction of sp³-hybridized carbons (Fsp3) is 0.471. The van der Waals surface area contributed by atoms with Crippen LogP contribution in [0, 0.1) is 0 Å². The van der Waals surface area contributed by atoms with Crippen molar-refractivity contribution in [1.82, 2.24) is 10.2 Å². The average molecular weight is 341 g/mol. The molecule has 1 aliphatic heterocycles. The van der Waals surface area contributed by atoms with Gasteiger partial charge >= 0.3 is 0 Å². The van der Waals surface area contributed by atoms with Crippen molar-refractivity contribution in [3.8, 4) is 11.5 Å². The lowest BCUT2D eigenvalue weighted by Crippen LogP contribution is -2.29. The normalized spacial score (nSPS) is 12.5. The molecule has 23 heavy (non-hydrogen) atoms. The first-order valence-corrected chi connectivity index (χ1v) is 7.80. The van der Waals surface area contributed by atoms with E-state index in [0.29, 0.717) is 6.54 Å². The van der Waals surface area contributed by atoms with Crippen LogP contribution in [0.15, 0.2) is 24.3 Å². The molecule has 1 aromatic carbocycles. The zero-order valence-corrected chi connectivity index (χ0v) is 14.5.